The van der Waals surface area contributed by atoms with E-state index in [4.69, 9.17) is 23.7 Å². The summed E-state index contributed by atoms with van der Waals surface area (Å²) in [7, 11) is 4.85. The highest BCUT2D eigenvalue weighted by atomic mass is 32.2. The van der Waals surface area contributed by atoms with Gasteiger partial charge >= 0.3 is 0 Å². The van der Waals surface area contributed by atoms with Gasteiger partial charge in [0.2, 0.25) is 11.7 Å². The summed E-state index contributed by atoms with van der Waals surface area (Å²) in [4.78, 5) is 18.0. The van der Waals surface area contributed by atoms with E-state index in [9.17, 15) is 4.79 Å². The zero-order valence-corrected chi connectivity index (χ0v) is 20.1. The normalized spacial score (nSPS) is 15.8. The molecule has 178 valence electrons. The number of hydrogen-bond acceptors (Lipinski definition) is 8. The second-order valence-corrected chi connectivity index (χ2v) is 8.79. The molecule has 2 aromatic carbocycles. The van der Waals surface area contributed by atoms with Crippen molar-refractivity contribution in [2.24, 2.45) is 0 Å². The van der Waals surface area contributed by atoms with Crippen LogP contribution in [-0.4, -0.2) is 82.2 Å². The number of methoxy groups -OCH3 is 3. The number of rotatable bonds is 8. The van der Waals surface area contributed by atoms with Gasteiger partial charge in [0.05, 0.1) is 27.1 Å². The van der Waals surface area contributed by atoms with Crippen LogP contribution in [0.2, 0.25) is 0 Å². The highest BCUT2D eigenvalue weighted by Gasteiger charge is 2.24. The van der Waals surface area contributed by atoms with E-state index < -0.39 is 0 Å². The summed E-state index contributed by atoms with van der Waals surface area (Å²) in [6.45, 7) is 4.86. The van der Waals surface area contributed by atoms with Crippen molar-refractivity contribution in [1.29, 1.82) is 0 Å². The van der Waals surface area contributed by atoms with E-state index in [0.717, 1.165) is 41.6 Å². The minimum atomic E-state index is 0.151. The molecule has 1 saturated heterocycles. The highest BCUT2D eigenvalue weighted by molar-refractivity contribution is 8.00. The summed E-state index contributed by atoms with van der Waals surface area (Å²) in [6, 6.07) is 9.72. The van der Waals surface area contributed by atoms with Crippen LogP contribution >= 0.6 is 11.8 Å². The third kappa shape index (κ3) is 5.42. The summed E-state index contributed by atoms with van der Waals surface area (Å²) >= 11 is 1.53. The molecule has 4 rings (SSSR count). The van der Waals surface area contributed by atoms with Gasteiger partial charge in [0.25, 0.3) is 0 Å². The maximum absolute atomic E-state index is 12.8. The molecular formula is C24H30N2O6S. The molecule has 9 heteroatoms. The number of carbonyl (C=O) groups is 1. The summed E-state index contributed by atoms with van der Waals surface area (Å²) < 4.78 is 27.6. The van der Waals surface area contributed by atoms with Crippen LogP contribution in [-0.2, 0) is 11.3 Å². The lowest BCUT2D eigenvalue weighted by Crippen LogP contribution is -2.48. The Balaban J connectivity index is 1.29. The minimum absolute atomic E-state index is 0.151. The van der Waals surface area contributed by atoms with E-state index in [0.29, 0.717) is 49.3 Å². The topological polar surface area (TPSA) is 69.7 Å². The Bertz CT molecular complexity index is 978. The van der Waals surface area contributed by atoms with E-state index in [-0.39, 0.29) is 5.91 Å². The molecule has 0 spiro atoms. The van der Waals surface area contributed by atoms with Crippen molar-refractivity contribution < 1.29 is 28.5 Å². The highest BCUT2D eigenvalue weighted by Crippen LogP contribution is 2.40. The van der Waals surface area contributed by atoms with Gasteiger partial charge in [-0.1, -0.05) is 6.07 Å². The van der Waals surface area contributed by atoms with Crippen LogP contribution < -0.4 is 23.7 Å². The predicted molar refractivity (Wildman–Crippen MR) is 126 cm³/mol. The lowest BCUT2D eigenvalue weighted by Gasteiger charge is -2.35. The summed E-state index contributed by atoms with van der Waals surface area (Å²) in [6.07, 6.45) is 0. The SMILES string of the molecule is COc1ccc(CN2CCN(C(=O)CSc3ccc4c(c3)OCCO4)CC2)c(OC)c1OC. The van der Waals surface area contributed by atoms with Crippen LogP contribution in [0.3, 0.4) is 0 Å². The van der Waals surface area contributed by atoms with E-state index in [1.807, 2.05) is 35.2 Å². The number of amides is 1. The largest absolute Gasteiger partial charge is 0.493 e. The zero-order chi connectivity index (χ0) is 23.2. The Morgan fingerprint density at radius 2 is 1.64 bits per heavy atom. The first-order chi connectivity index (χ1) is 16.1. The first-order valence-corrected chi connectivity index (χ1v) is 11.9. The molecule has 1 amide bonds. The molecule has 0 radical (unpaired) electrons. The maximum Gasteiger partial charge on any atom is 0.233 e. The molecule has 0 aliphatic carbocycles. The first kappa shape index (κ1) is 23.4. The third-order valence-corrected chi connectivity index (χ3v) is 6.76. The average Bonchev–Trinajstić information content (AvgIpc) is 2.87. The molecule has 8 nitrogen and oxygen atoms in total. The van der Waals surface area contributed by atoms with Crippen LogP contribution in [0.25, 0.3) is 0 Å². The molecule has 33 heavy (non-hydrogen) atoms. The van der Waals surface area contributed by atoms with Crippen molar-refractivity contribution in [3.05, 3.63) is 35.9 Å². The molecule has 1 fully saturated rings. The number of piperazine rings is 1. The van der Waals surface area contributed by atoms with Crippen molar-refractivity contribution >= 4 is 17.7 Å². The molecule has 0 aromatic heterocycles. The molecule has 2 aliphatic rings. The predicted octanol–water partition coefficient (Wildman–Crippen LogP) is 2.92. The summed E-state index contributed by atoms with van der Waals surface area (Å²) in [5.74, 6) is 4.00. The first-order valence-electron chi connectivity index (χ1n) is 10.9. The molecule has 0 atom stereocenters. The fourth-order valence-corrected chi connectivity index (χ4v) is 4.86. The van der Waals surface area contributed by atoms with Crippen LogP contribution in [0.15, 0.2) is 35.2 Å². The second-order valence-electron chi connectivity index (χ2n) is 7.74. The fourth-order valence-electron chi connectivity index (χ4n) is 4.03. The number of carbonyl (C=O) groups excluding carboxylic acids is 1. The van der Waals surface area contributed by atoms with Gasteiger partial charge in [-0.2, -0.15) is 0 Å². The Labute approximate surface area is 198 Å². The van der Waals surface area contributed by atoms with E-state index in [1.54, 1.807) is 21.3 Å². The fraction of sp³-hybridized carbons (Fsp3) is 0.458. The zero-order valence-electron chi connectivity index (χ0n) is 19.3. The van der Waals surface area contributed by atoms with Crippen molar-refractivity contribution in [2.75, 3.05) is 66.5 Å². The number of fused-ring (bicyclic) bond motifs is 1. The average molecular weight is 475 g/mol. The van der Waals surface area contributed by atoms with E-state index in [2.05, 4.69) is 4.90 Å². The monoisotopic (exact) mass is 474 g/mol. The quantitative estimate of drug-likeness (QED) is 0.541. The van der Waals surface area contributed by atoms with E-state index >= 15 is 0 Å². The number of nitrogens with zero attached hydrogens (tertiary/aromatic N) is 2. The van der Waals surface area contributed by atoms with Gasteiger partial charge in [0.1, 0.15) is 13.2 Å². The van der Waals surface area contributed by atoms with Crippen LogP contribution in [0, 0.1) is 0 Å². The molecule has 0 unspecified atom stereocenters. The molecular weight excluding hydrogens is 444 g/mol. The van der Waals surface area contributed by atoms with E-state index in [1.165, 1.54) is 11.8 Å². The van der Waals surface area contributed by atoms with Gasteiger partial charge in [-0.15, -0.1) is 11.8 Å². The van der Waals surface area contributed by atoms with Gasteiger partial charge in [0.15, 0.2) is 23.0 Å². The van der Waals surface area contributed by atoms with Gasteiger partial charge < -0.3 is 28.6 Å². The third-order valence-electron chi connectivity index (χ3n) is 5.78. The molecule has 0 N–H and O–H groups in total. The summed E-state index contributed by atoms with van der Waals surface area (Å²) in [5.41, 5.74) is 1.03. The van der Waals surface area contributed by atoms with Gasteiger partial charge in [-0.3, -0.25) is 9.69 Å². The molecule has 0 saturated carbocycles. The number of ether oxygens (including phenoxy) is 5. The molecule has 2 heterocycles. The Kier molecular flexibility index (Phi) is 7.72. The lowest BCUT2D eigenvalue weighted by atomic mass is 10.1. The number of thioether (sulfide) groups is 1. The van der Waals surface area contributed by atoms with Crippen LogP contribution in [0.4, 0.5) is 0 Å². The van der Waals surface area contributed by atoms with Gasteiger partial charge in [0, 0.05) is 43.2 Å². The summed E-state index contributed by atoms with van der Waals surface area (Å²) in [5, 5.41) is 0. The van der Waals surface area contributed by atoms with Crippen molar-refractivity contribution in [2.45, 2.75) is 11.4 Å². The second kappa shape index (κ2) is 10.9. The Morgan fingerprint density at radius 1 is 0.909 bits per heavy atom. The van der Waals surface area contributed by atoms with Crippen LogP contribution in [0.1, 0.15) is 5.56 Å². The van der Waals surface area contributed by atoms with Crippen molar-refractivity contribution in [1.82, 2.24) is 9.80 Å². The van der Waals surface area contributed by atoms with Crippen LogP contribution in [0.5, 0.6) is 28.7 Å². The standard InChI is InChI=1S/C24H30N2O6S/c1-28-20-6-4-17(23(29-2)24(20)30-3)15-25-8-10-26(11-9-25)22(27)16-33-18-5-7-19-21(14-18)32-13-12-31-19/h4-7,14H,8-13,15-16H2,1-3H3. The maximum atomic E-state index is 12.8. The molecule has 2 aliphatic heterocycles. The minimum Gasteiger partial charge on any atom is -0.493 e. The Morgan fingerprint density at radius 3 is 2.33 bits per heavy atom. The van der Waals surface area contributed by atoms with Gasteiger partial charge in [-0.25, -0.2) is 0 Å². The molecule has 0 bridgehead atoms. The smallest absolute Gasteiger partial charge is 0.233 e. The van der Waals surface area contributed by atoms with Crippen molar-refractivity contribution in [3.63, 3.8) is 0 Å². The van der Waals surface area contributed by atoms with Crippen molar-refractivity contribution in [3.8, 4) is 28.7 Å². The number of benzene rings is 2. The van der Waals surface area contributed by atoms with Gasteiger partial charge in [-0.05, 0) is 24.3 Å². The number of hydrogen-bond donors (Lipinski definition) is 0. The molecule has 2 aromatic rings. The Hall–Kier alpha value is -2.78. The lowest BCUT2D eigenvalue weighted by molar-refractivity contribution is -0.130.